The van der Waals surface area contributed by atoms with Gasteiger partial charge in [0.15, 0.2) is 0 Å². The second kappa shape index (κ2) is 3.32. The van der Waals surface area contributed by atoms with Gasteiger partial charge in [-0.3, -0.25) is 4.99 Å². The first-order valence-electron chi connectivity index (χ1n) is 5.49. The van der Waals surface area contributed by atoms with Crippen LogP contribution in [0.3, 0.4) is 0 Å². The third kappa shape index (κ3) is 2.23. The lowest BCUT2D eigenvalue weighted by Crippen LogP contribution is -2.21. The van der Waals surface area contributed by atoms with Gasteiger partial charge in [0.25, 0.3) is 0 Å². The standard InChI is InChI=1S/C11H20N2/c1-11(6-2-3-7-11)8-13-10(12)9-4-5-9/h9H,2-8H2,1H3,(H2,12,13). The summed E-state index contributed by atoms with van der Waals surface area (Å²) in [6, 6.07) is 0. The molecule has 0 aliphatic heterocycles. The molecule has 0 amide bonds. The fourth-order valence-electron chi connectivity index (χ4n) is 2.18. The SMILES string of the molecule is CC1(CN=C(N)C2CC2)CCCC1. The van der Waals surface area contributed by atoms with E-state index < -0.39 is 0 Å². The van der Waals surface area contributed by atoms with E-state index in [0.717, 1.165) is 12.4 Å². The van der Waals surface area contributed by atoms with Crippen LogP contribution in [0.2, 0.25) is 0 Å². The van der Waals surface area contributed by atoms with Gasteiger partial charge < -0.3 is 5.73 Å². The lowest BCUT2D eigenvalue weighted by Gasteiger charge is -2.20. The maximum atomic E-state index is 5.87. The molecule has 0 saturated heterocycles. The van der Waals surface area contributed by atoms with Crippen molar-refractivity contribution in [1.82, 2.24) is 0 Å². The van der Waals surface area contributed by atoms with E-state index in [1.807, 2.05) is 0 Å². The molecule has 0 bridgehead atoms. The Kier molecular flexibility index (Phi) is 2.31. The summed E-state index contributed by atoms with van der Waals surface area (Å²) < 4.78 is 0. The zero-order valence-corrected chi connectivity index (χ0v) is 8.55. The predicted octanol–water partition coefficient (Wildman–Crippen LogP) is 2.33. The molecule has 0 spiro atoms. The summed E-state index contributed by atoms with van der Waals surface area (Å²) >= 11 is 0. The number of nitrogens with two attached hydrogens (primary N) is 1. The number of nitrogens with zero attached hydrogens (tertiary/aromatic N) is 1. The first kappa shape index (κ1) is 9.04. The summed E-state index contributed by atoms with van der Waals surface area (Å²) in [5, 5.41) is 0. The normalized spacial score (nSPS) is 27.9. The topological polar surface area (TPSA) is 38.4 Å². The molecular weight excluding hydrogens is 160 g/mol. The molecule has 0 aromatic rings. The number of aliphatic imine (C=N–C) groups is 1. The minimum Gasteiger partial charge on any atom is -0.387 e. The lowest BCUT2D eigenvalue weighted by molar-refractivity contribution is 0.351. The van der Waals surface area contributed by atoms with Crippen LogP contribution in [-0.2, 0) is 0 Å². The number of amidine groups is 1. The van der Waals surface area contributed by atoms with Crippen LogP contribution in [0.15, 0.2) is 4.99 Å². The molecule has 2 nitrogen and oxygen atoms in total. The van der Waals surface area contributed by atoms with Crippen molar-refractivity contribution in [2.45, 2.75) is 45.4 Å². The van der Waals surface area contributed by atoms with Crippen LogP contribution in [0.4, 0.5) is 0 Å². The van der Waals surface area contributed by atoms with Gasteiger partial charge in [0.1, 0.15) is 0 Å². The summed E-state index contributed by atoms with van der Waals surface area (Å²) in [7, 11) is 0. The molecule has 0 aromatic heterocycles. The molecule has 0 aromatic carbocycles. The molecule has 2 heteroatoms. The van der Waals surface area contributed by atoms with Gasteiger partial charge in [0.2, 0.25) is 0 Å². The van der Waals surface area contributed by atoms with Crippen LogP contribution >= 0.6 is 0 Å². The van der Waals surface area contributed by atoms with E-state index in [4.69, 9.17) is 5.73 Å². The van der Waals surface area contributed by atoms with Crippen LogP contribution in [0, 0.1) is 11.3 Å². The average molecular weight is 180 g/mol. The highest BCUT2D eigenvalue weighted by molar-refractivity contribution is 5.84. The van der Waals surface area contributed by atoms with Gasteiger partial charge >= 0.3 is 0 Å². The van der Waals surface area contributed by atoms with Crippen LogP contribution in [-0.4, -0.2) is 12.4 Å². The maximum Gasteiger partial charge on any atom is 0.0968 e. The Morgan fingerprint density at radius 2 is 2.00 bits per heavy atom. The molecular formula is C11H20N2. The average Bonchev–Trinajstić information content (AvgIpc) is 2.87. The van der Waals surface area contributed by atoms with Crippen LogP contribution in [0.25, 0.3) is 0 Å². The molecule has 2 aliphatic rings. The molecule has 2 rings (SSSR count). The quantitative estimate of drug-likeness (QED) is 0.525. The molecule has 2 saturated carbocycles. The Morgan fingerprint density at radius 1 is 1.38 bits per heavy atom. The zero-order valence-electron chi connectivity index (χ0n) is 8.55. The van der Waals surface area contributed by atoms with Crippen molar-refractivity contribution in [3.05, 3.63) is 0 Å². The van der Waals surface area contributed by atoms with Crippen LogP contribution in [0.1, 0.15) is 45.4 Å². The van der Waals surface area contributed by atoms with Crippen molar-refractivity contribution in [3.8, 4) is 0 Å². The summed E-state index contributed by atoms with van der Waals surface area (Å²) in [6.45, 7) is 3.32. The molecule has 13 heavy (non-hydrogen) atoms. The van der Waals surface area contributed by atoms with E-state index in [1.165, 1.54) is 38.5 Å². The van der Waals surface area contributed by atoms with Gasteiger partial charge in [-0.05, 0) is 31.1 Å². The van der Waals surface area contributed by atoms with Crippen molar-refractivity contribution in [2.24, 2.45) is 22.1 Å². The highest BCUT2D eigenvalue weighted by atomic mass is 14.9. The Morgan fingerprint density at radius 3 is 2.54 bits per heavy atom. The fraction of sp³-hybridized carbons (Fsp3) is 0.909. The first-order valence-corrected chi connectivity index (χ1v) is 5.49. The first-order chi connectivity index (χ1) is 6.20. The Balaban J connectivity index is 1.85. The zero-order chi connectivity index (χ0) is 9.31. The van der Waals surface area contributed by atoms with Crippen LogP contribution < -0.4 is 5.73 Å². The Labute approximate surface area is 80.6 Å². The number of hydrogen-bond acceptors (Lipinski definition) is 1. The fourth-order valence-corrected chi connectivity index (χ4v) is 2.18. The summed E-state index contributed by atoms with van der Waals surface area (Å²) in [5.41, 5.74) is 6.34. The highest BCUT2D eigenvalue weighted by Gasteiger charge is 2.30. The minimum absolute atomic E-state index is 0.472. The molecule has 0 unspecified atom stereocenters. The smallest absolute Gasteiger partial charge is 0.0968 e. The van der Waals surface area contributed by atoms with E-state index in [9.17, 15) is 0 Å². The molecule has 2 N–H and O–H groups in total. The van der Waals surface area contributed by atoms with Crippen molar-refractivity contribution in [3.63, 3.8) is 0 Å². The van der Waals surface area contributed by atoms with Gasteiger partial charge in [-0.1, -0.05) is 19.8 Å². The summed E-state index contributed by atoms with van der Waals surface area (Å²) in [4.78, 5) is 4.53. The van der Waals surface area contributed by atoms with E-state index >= 15 is 0 Å². The summed E-state index contributed by atoms with van der Waals surface area (Å²) in [5.74, 6) is 1.57. The van der Waals surface area contributed by atoms with Crippen molar-refractivity contribution >= 4 is 5.84 Å². The monoisotopic (exact) mass is 180 g/mol. The van der Waals surface area contributed by atoms with Gasteiger partial charge in [-0.15, -0.1) is 0 Å². The van der Waals surface area contributed by atoms with Crippen molar-refractivity contribution in [1.29, 1.82) is 0 Å². The van der Waals surface area contributed by atoms with E-state index in [0.29, 0.717) is 11.3 Å². The van der Waals surface area contributed by atoms with Crippen LogP contribution in [0.5, 0.6) is 0 Å². The van der Waals surface area contributed by atoms with Gasteiger partial charge in [-0.2, -0.15) is 0 Å². The minimum atomic E-state index is 0.472. The molecule has 2 fully saturated rings. The van der Waals surface area contributed by atoms with Crippen molar-refractivity contribution < 1.29 is 0 Å². The molecule has 0 atom stereocenters. The van der Waals surface area contributed by atoms with E-state index in [1.54, 1.807) is 0 Å². The van der Waals surface area contributed by atoms with E-state index in [2.05, 4.69) is 11.9 Å². The summed E-state index contributed by atoms with van der Waals surface area (Å²) in [6.07, 6.45) is 7.99. The van der Waals surface area contributed by atoms with Gasteiger partial charge in [-0.25, -0.2) is 0 Å². The Bertz CT molecular complexity index is 210. The molecule has 0 heterocycles. The lowest BCUT2D eigenvalue weighted by atomic mass is 9.89. The number of hydrogen-bond donors (Lipinski definition) is 1. The van der Waals surface area contributed by atoms with E-state index in [-0.39, 0.29) is 0 Å². The predicted molar refractivity (Wildman–Crippen MR) is 55.8 cm³/mol. The number of rotatable bonds is 3. The third-order valence-corrected chi connectivity index (χ3v) is 3.45. The van der Waals surface area contributed by atoms with Crippen molar-refractivity contribution in [2.75, 3.05) is 6.54 Å². The third-order valence-electron chi connectivity index (χ3n) is 3.45. The molecule has 0 radical (unpaired) electrons. The highest BCUT2D eigenvalue weighted by Crippen LogP contribution is 2.38. The second-order valence-electron chi connectivity index (χ2n) is 5.03. The Hall–Kier alpha value is -0.530. The molecule has 74 valence electrons. The largest absolute Gasteiger partial charge is 0.387 e. The second-order valence-corrected chi connectivity index (χ2v) is 5.03. The maximum absolute atomic E-state index is 5.87. The van der Waals surface area contributed by atoms with Gasteiger partial charge in [0, 0.05) is 12.5 Å². The molecule has 2 aliphatic carbocycles. The van der Waals surface area contributed by atoms with Gasteiger partial charge in [0.05, 0.1) is 5.84 Å².